The zero-order valence-corrected chi connectivity index (χ0v) is 12.0. The predicted octanol–water partition coefficient (Wildman–Crippen LogP) is 1.63. The van der Waals surface area contributed by atoms with Crippen LogP contribution in [-0.4, -0.2) is 45.0 Å². The summed E-state index contributed by atoms with van der Waals surface area (Å²) in [6.07, 6.45) is 2.94. The highest BCUT2D eigenvalue weighted by molar-refractivity contribution is 6.30. The number of likely N-dealkylation sites (tertiary alicyclic amines) is 1. The van der Waals surface area contributed by atoms with Gasteiger partial charge in [-0.05, 0) is 26.2 Å². The van der Waals surface area contributed by atoms with Gasteiger partial charge in [0.2, 0.25) is 5.91 Å². The summed E-state index contributed by atoms with van der Waals surface area (Å²) < 4.78 is 5.01. The fourth-order valence-electron chi connectivity index (χ4n) is 2.35. The Morgan fingerprint density at radius 3 is 3.11 bits per heavy atom. The van der Waals surface area contributed by atoms with Crippen molar-refractivity contribution < 1.29 is 9.53 Å². The van der Waals surface area contributed by atoms with Crippen molar-refractivity contribution >= 4 is 17.5 Å². The van der Waals surface area contributed by atoms with Crippen molar-refractivity contribution in [2.75, 3.05) is 13.7 Å². The molecule has 2 rings (SSSR count). The first-order valence-electron chi connectivity index (χ1n) is 6.48. The number of aromatic nitrogens is 3. The molecular formula is C12H19ClN4O2. The number of ether oxygens (including phenoxy) is 1. The highest BCUT2D eigenvalue weighted by Crippen LogP contribution is 2.29. The van der Waals surface area contributed by atoms with Crippen LogP contribution in [-0.2, 0) is 16.1 Å². The van der Waals surface area contributed by atoms with Crippen molar-refractivity contribution in [1.29, 1.82) is 0 Å². The van der Waals surface area contributed by atoms with E-state index in [-0.39, 0.29) is 11.9 Å². The molecule has 2 heterocycles. The van der Waals surface area contributed by atoms with Gasteiger partial charge < -0.3 is 9.64 Å². The molecule has 1 amide bonds. The maximum atomic E-state index is 12.1. The van der Waals surface area contributed by atoms with Crippen LogP contribution in [0.25, 0.3) is 0 Å². The molecular weight excluding hydrogens is 268 g/mol. The molecule has 0 radical (unpaired) electrons. The molecule has 0 saturated carbocycles. The second-order valence-electron chi connectivity index (χ2n) is 4.73. The minimum Gasteiger partial charge on any atom is -0.377 e. The lowest BCUT2D eigenvalue weighted by atomic mass is 10.0. The molecule has 0 bridgehead atoms. The number of rotatable bonds is 4. The summed E-state index contributed by atoms with van der Waals surface area (Å²) in [6, 6.07) is -0.0793. The molecule has 7 heteroatoms. The van der Waals surface area contributed by atoms with E-state index < -0.39 is 5.38 Å². The van der Waals surface area contributed by atoms with Gasteiger partial charge in [-0.3, -0.25) is 9.89 Å². The Kier molecular flexibility index (Phi) is 4.76. The molecule has 0 spiro atoms. The van der Waals surface area contributed by atoms with Gasteiger partial charge in [0.15, 0.2) is 11.6 Å². The monoisotopic (exact) mass is 286 g/mol. The predicted molar refractivity (Wildman–Crippen MR) is 70.7 cm³/mol. The van der Waals surface area contributed by atoms with E-state index in [4.69, 9.17) is 16.3 Å². The molecule has 0 aromatic carbocycles. The summed E-state index contributed by atoms with van der Waals surface area (Å²) in [5.41, 5.74) is 0. The first-order chi connectivity index (χ1) is 9.13. The van der Waals surface area contributed by atoms with Crippen LogP contribution in [0, 0.1) is 0 Å². The van der Waals surface area contributed by atoms with Gasteiger partial charge in [0, 0.05) is 13.7 Å². The summed E-state index contributed by atoms with van der Waals surface area (Å²) in [5.74, 6) is 1.27. The molecule has 1 aliphatic rings. The minimum atomic E-state index is -0.516. The molecule has 1 N–H and O–H groups in total. The van der Waals surface area contributed by atoms with Crippen molar-refractivity contribution in [2.45, 2.75) is 44.2 Å². The van der Waals surface area contributed by atoms with Crippen LogP contribution in [0.15, 0.2) is 0 Å². The van der Waals surface area contributed by atoms with Crippen molar-refractivity contribution in [3.63, 3.8) is 0 Å². The molecule has 106 valence electrons. The van der Waals surface area contributed by atoms with E-state index in [1.54, 1.807) is 18.9 Å². The third-order valence-corrected chi connectivity index (χ3v) is 3.44. The van der Waals surface area contributed by atoms with E-state index in [9.17, 15) is 4.79 Å². The van der Waals surface area contributed by atoms with Crippen LogP contribution in [0.1, 0.15) is 43.9 Å². The van der Waals surface area contributed by atoms with E-state index >= 15 is 0 Å². The Bertz CT molecular complexity index is 435. The number of methoxy groups -OCH3 is 1. The maximum Gasteiger partial charge on any atom is 0.240 e. The topological polar surface area (TPSA) is 71.1 Å². The number of alkyl halides is 1. The zero-order chi connectivity index (χ0) is 13.8. The molecule has 1 aromatic rings. The van der Waals surface area contributed by atoms with Crippen LogP contribution < -0.4 is 0 Å². The number of hydrogen-bond acceptors (Lipinski definition) is 4. The Labute approximate surface area is 117 Å². The second-order valence-corrected chi connectivity index (χ2v) is 5.39. The molecule has 6 nitrogen and oxygen atoms in total. The fraction of sp³-hybridized carbons (Fsp3) is 0.750. The highest BCUT2D eigenvalue weighted by atomic mass is 35.5. The normalized spacial score (nSPS) is 21.4. The summed E-state index contributed by atoms with van der Waals surface area (Å²) in [6.45, 7) is 2.80. The Hall–Kier alpha value is -1.14. The van der Waals surface area contributed by atoms with E-state index in [0.717, 1.165) is 19.3 Å². The number of H-pyrrole nitrogens is 1. The van der Waals surface area contributed by atoms with Crippen LogP contribution in [0.5, 0.6) is 0 Å². The molecule has 2 unspecified atom stereocenters. The second kappa shape index (κ2) is 6.34. The molecule has 0 aliphatic carbocycles. The Morgan fingerprint density at radius 1 is 1.63 bits per heavy atom. The Morgan fingerprint density at radius 2 is 2.42 bits per heavy atom. The van der Waals surface area contributed by atoms with Gasteiger partial charge >= 0.3 is 0 Å². The summed E-state index contributed by atoms with van der Waals surface area (Å²) in [5, 5.41) is 6.52. The maximum absolute atomic E-state index is 12.1. The van der Waals surface area contributed by atoms with E-state index in [1.807, 2.05) is 0 Å². The van der Waals surface area contributed by atoms with Gasteiger partial charge in [-0.2, -0.15) is 5.10 Å². The van der Waals surface area contributed by atoms with E-state index in [2.05, 4.69) is 15.2 Å². The van der Waals surface area contributed by atoms with Gasteiger partial charge in [0.05, 0.1) is 6.04 Å². The number of piperidine rings is 1. The lowest BCUT2D eigenvalue weighted by Gasteiger charge is -2.34. The lowest BCUT2D eigenvalue weighted by Crippen LogP contribution is -2.42. The fourth-order valence-corrected chi connectivity index (χ4v) is 2.48. The van der Waals surface area contributed by atoms with Gasteiger partial charge in [-0.25, -0.2) is 4.98 Å². The van der Waals surface area contributed by atoms with Crippen LogP contribution in [0.4, 0.5) is 0 Å². The van der Waals surface area contributed by atoms with Crippen molar-refractivity contribution in [1.82, 2.24) is 20.1 Å². The van der Waals surface area contributed by atoms with Gasteiger partial charge in [0.1, 0.15) is 12.0 Å². The van der Waals surface area contributed by atoms with Gasteiger partial charge in [-0.1, -0.05) is 0 Å². The molecule has 1 saturated heterocycles. The average Bonchev–Trinajstić information content (AvgIpc) is 2.87. The summed E-state index contributed by atoms with van der Waals surface area (Å²) >= 11 is 5.91. The lowest BCUT2D eigenvalue weighted by molar-refractivity contribution is -0.134. The number of nitrogens with zero attached hydrogens (tertiary/aromatic N) is 3. The number of amides is 1. The summed E-state index contributed by atoms with van der Waals surface area (Å²) in [4.78, 5) is 18.3. The number of hydrogen-bond donors (Lipinski definition) is 1. The third kappa shape index (κ3) is 3.25. The first kappa shape index (κ1) is 14.3. The highest BCUT2D eigenvalue weighted by Gasteiger charge is 2.32. The number of aromatic amines is 1. The molecule has 1 aliphatic heterocycles. The first-order valence-corrected chi connectivity index (χ1v) is 6.91. The van der Waals surface area contributed by atoms with Crippen LogP contribution in [0.2, 0.25) is 0 Å². The number of nitrogens with one attached hydrogen (secondary N) is 1. The van der Waals surface area contributed by atoms with Gasteiger partial charge in [-0.15, -0.1) is 11.6 Å². The molecule has 19 heavy (non-hydrogen) atoms. The minimum absolute atomic E-state index is 0.0514. The quantitative estimate of drug-likeness (QED) is 0.854. The zero-order valence-electron chi connectivity index (χ0n) is 11.2. The smallest absolute Gasteiger partial charge is 0.240 e. The molecule has 1 aromatic heterocycles. The molecule has 2 atom stereocenters. The molecule has 1 fully saturated rings. The van der Waals surface area contributed by atoms with Crippen molar-refractivity contribution in [2.24, 2.45) is 0 Å². The van der Waals surface area contributed by atoms with Gasteiger partial charge in [0.25, 0.3) is 0 Å². The van der Waals surface area contributed by atoms with Crippen molar-refractivity contribution in [3.8, 4) is 0 Å². The van der Waals surface area contributed by atoms with Crippen LogP contribution in [0.3, 0.4) is 0 Å². The van der Waals surface area contributed by atoms with E-state index in [0.29, 0.717) is 24.8 Å². The Balaban J connectivity index is 2.16. The largest absolute Gasteiger partial charge is 0.377 e. The van der Waals surface area contributed by atoms with Crippen LogP contribution >= 0.6 is 11.6 Å². The summed E-state index contributed by atoms with van der Waals surface area (Å²) in [7, 11) is 1.60. The standard InChI is InChI=1S/C12H19ClN4O2/c1-8(13)12(18)17-6-4-3-5-9(17)11-14-10(7-19-2)15-16-11/h8-9H,3-7H2,1-2H3,(H,14,15,16). The number of halogens is 1. The van der Waals surface area contributed by atoms with Crippen molar-refractivity contribution in [3.05, 3.63) is 11.6 Å². The number of carbonyl (C=O) groups is 1. The van der Waals surface area contributed by atoms with E-state index in [1.165, 1.54) is 0 Å². The number of carbonyl (C=O) groups excluding carboxylic acids is 1. The SMILES string of the molecule is COCc1nc(C2CCCCN2C(=O)C(C)Cl)n[nH]1. The third-order valence-electron chi connectivity index (χ3n) is 3.25. The average molecular weight is 287 g/mol.